The Hall–Kier alpha value is -3.19. The summed E-state index contributed by atoms with van der Waals surface area (Å²) < 4.78 is 0. The molecule has 1 N–H and O–H groups in total. The van der Waals surface area contributed by atoms with Gasteiger partial charge in [-0.05, 0) is 35.9 Å². The number of hydrogen-bond acceptors (Lipinski definition) is 3. The van der Waals surface area contributed by atoms with Crippen molar-refractivity contribution in [3.05, 3.63) is 71.9 Å². The first kappa shape index (κ1) is 13.8. The molecule has 22 heavy (non-hydrogen) atoms. The third-order valence-corrected chi connectivity index (χ3v) is 3.37. The smallest absolute Gasteiger partial charge is 0.228 e. The fourth-order valence-corrected chi connectivity index (χ4v) is 2.31. The van der Waals surface area contributed by atoms with Crippen LogP contribution in [0.4, 0.5) is 5.69 Å². The zero-order chi connectivity index (χ0) is 15.4. The van der Waals surface area contributed by atoms with Crippen LogP contribution in [-0.2, 0) is 11.2 Å². The van der Waals surface area contributed by atoms with Gasteiger partial charge in [0, 0.05) is 17.3 Å². The number of carbonyl (C=O) groups excluding carboxylic acids is 1. The Morgan fingerprint density at radius 2 is 1.95 bits per heavy atom. The summed E-state index contributed by atoms with van der Waals surface area (Å²) in [5, 5.41) is 12.4. The Labute approximate surface area is 128 Å². The molecular weight excluding hydrogens is 274 g/mol. The Balaban J connectivity index is 0.000000133. The molecule has 0 bridgehead atoms. The summed E-state index contributed by atoms with van der Waals surface area (Å²) in [6.45, 7) is 0. The van der Waals surface area contributed by atoms with E-state index in [1.165, 1.54) is 0 Å². The molecule has 0 spiro atoms. The minimum absolute atomic E-state index is 0.0983. The maximum atomic E-state index is 10.8. The molecule has 1 aromatic heterocycles. The lowest BCUT2D eigenvalue weighted by atomic mass is 10.1. The number of benzene rings is 2. The lowest BCUT2D eigenvalue weighted by Gasteiger charge is -1.94. The second-order valence-electron chi connectivity index (χ2n) is 4.90. The van der Waals surface area contributed by atoms with Gasteiger partial charge in [0.05, 0.1) is 23.6 Å². The number of carbonyl (C=O) groups is 1. The number of para-hydroxylation sites is 1. The highest BCUT2D eigenvalue weighted by molar-refractivity contribution is 5.98. The van der Waals surface area contributed by atoms with E-state index < -0.39 is 0 Å². The minimum Gasteiger partial charge on any atom is -0.326 e. The zero-order valence-corrected chi connectivity index (χ0v) is 11.8. The second kappa shape index (κ2) is 6.06. The first-order valence-corrected chi connectivity index (χ1v) is 6.89. The molecule has 3 aromatic rings. The van der Waals surface area contributed by atoms with Crippen LogP contribution in [0.2, 0.25) is 0 Å². The summed E-state index contributed by atoms with van der Waals surface area (Å²) in [5.74, 6) is 0.0983. The average molecular weight is 287 g/mol. The van der Waals surface area contributed by atoms with Gasteiger partial charge in [0.1, 0.15) is 0 Å². The number of pyridine rings is 1. The van der Waals surface area contributed by atoms with Crippen LogP contribution in [0.15, 0.2) is 60.8 Å². The summed E-state index contributed by atoms with van der Waals surface area (Å²) >= 11 is 0. The van der Waals surface area contributed by atoms with Crippen LogP contribution in [-0.4, -0.2) is 10.9 Å². The number of aromatic nitrogens is 1. The number of hydrogen-bond donors (Lipinski definition) is 1. The van der Waals surface area contributed by atoms with E-state index in [0.29, 0.717) is 12.0 Å². The third-order valence-electron chi connectivity index (χ3n) is 3.37. The number of nitriles is 1. The summed E-state index contributed by atoms with van der Waals surface area (Å²) in [6, 6.07) is 19.1. The van der Waals surface area contributed by atoms with Crippen molar-refractivity contribution in [2.75, 3.05) is 5.32 Å². The molecule has 0 atom stereocenters. The van der Waals surface area contributed by atoms with Crippen molar-refractivity contribution in [3.8, 4) is 6.07 Å². The van der Waals surface area contributed by atoms with Gasteiger partial charge in [0.15, 0.2) is 0 Å². The van der Waals surface area contributed by atoms with Gasteiger partial charge in [-0.2, -0.15) is 5.26 Å². The highest BCUT2D eigenvalue weighted by atomic mass is 16.1. The van der Waals surface area contributed by atoms with Gasteiger partial charge in [-0.15, -0.1) is 0 Å². The molecular formula is C18H13N3O. The average Bonchev–Trinajstić information content (AvgIpc) is 2.95. The molecule has 0 unspecified atom stereocenters. The molecule has 1 amide bonds. The summed E-state index contributed by atoms with van der Waals surface area (Å²) in [7, 11) is 0. The first-order chi connectivity index (χ1) is 10.8. The van der Waals surface area contributed by atoms with E-state index in [1.54, 1.807) is 12.3 Å². The van der Waals surface area contributed by atoms with Crippen LogP contribution in [0.1, 0.15) is 11.1 Å². The third kappa shape index (κ3) is 2.94. The van der Waals surface area contributed by atoms with Crippen LogP contribution >= 0.6 is 0 Å². The predicted octanol–water partition coefficient (Wildman–Crippen LogP) is 3.29. The first-order valence-electron chi connectivity index (χ1n) is 6.89. The molecule has 4 rings (SSSR count). The van der Waals surface area contributed by atoms with Gasteiger partial charge in [0.2, 0.25) is 5.91 Å². The van der Waals surface area contributed by atoms with E-state index >= 15 is 0 Å². The van der Waals surface area contributed by atoms with E-state index in [-0.39, 0.29) is 5.91 Å². The summed E-state index contributed by atoms with van der Waals surface area (Å²) in [5.41, 5.74) is 3.67. The molecule has 1 aliphatic heterocycles. The number of amides is 1. The molecule has 2 heterocycles. The van der Waals surface area contributed by atoms with Gasteiger partial charge in [-0.1, -0.05) is 24.3 Å². The fraction of sp³-hybridized carbons (Fsp3) is 0.0556. The van der Waals surface area contributed by atoms with E-state index in [0.717, 1.165) is 22.2 Å². The molecule has 106 valence electrons. The van der Waals surface area contributed by atoms with Crippen molar-refractivity contribution in [3.63, 3.8) is 0 Å². The maximum absolute atomic E-state index is 10.8. The van der Waals surface area contributed by atoms with Gasteiger partial charge in [0.25, 0.3) is 0 Å². The molecule has 1 aliphatic rings. The Morgan fingerprint density at radius 3 is 2.77 bits per heavy atom. The number of rotatable bonds is 0. The molecule has 2 aromatic carbocycles. The topological polar surface area (TPSA) is 65.8 Å². The van der Waals surface area contributed by atoms with Crippen LogP contribution in [0.25, 0.3) is 10.9 Å². The van der Waals surface area contributed by atoms with Crippen molar-refractivity contribution in [2.45, 2.75) is 6.42 Å². The highest BCUT2D eigenvalue weighted by Gasteiger charge is 2.15. The number of nitrogens with one attached hydrogen (secondary N) is 1. The molecule has 4 nitrogen and oxygen atoms in total. The van der Waals surface area contributed by atoms with Gasteiger partial charge < -0.3 is 5.32 Å². The quantitative estimate of drug-likeness (QED) is 0.690. The minimum atomic E-state index is 0.0983. The SMILES string of the molecule is N#Cc1ccc2ncccc2c1.O=C1Cc2ccccc2N1. The molecule has 0 saturated heterocycles. The van der Waals surface area contributed by atoms with Crippen LogP contribution in [0.5, 0.6) is 0 Å². The lowest BCUT2D eigenvalue weighted by molar-refractivity contribution is -0.115. The Bertz CT molecular complexity index is 854. The van der Waals surface area contributed by atoms with Crippen molar-refractivity contribution in [1.82, 2.24) is 4.98 Å². The van der Waals surface area contributed by atoms with Crippen molar-refractivity contribution in [1.29, 1.82) is 5.26 Å². The largest absolute Gasteiger partial charge is 0.326 e. The summed E-state index contributed by atoms with van der Waals surface area (Å²) in [6.07, 6.45) is 2.28. The van der Waals surface area contributed by atoms with Crippen LogP contribution < -0.4 is 5.32 Å². The van der Waals surface area contributed by atoms with Crippen LogP contribution in [0.3, 0.4) is 0 Å². The van der Waals surface area contributed by atoms with Crippen molar-refractivity contribution < 1.29 is 4.79 Å². The number of nitrogens with zero attached hydrogens (tertiary/aromatic N) is 2. The van der Waals surface area contributed by atoms with E-state index in [9.17, 15) is 4.79 Å². The van der Waals surface area contributed by atoms with E-state index in [2.05, 4.69) is 16.4 Å². The molecule has 0 radical (unpaired) electrons. The number of fused-ring (bicyclic) bond motifs is 2. The second-order valence-corrected chi connectivity index (χ2v) is 4.90. The van der Waals surface area contributed by atoms with Gasteiger partial charge >= 0.3 is 0 Å². The lowest BCUT2D eigenvalue weighted by Crippen LogP contribution is -2.03. The molecule has 0 saturated carbocycles. The van der Waals surface area contributed by atoms with E-state index in [1.807, 2.05) is 48.5 Å². The Morgan fingerprint density at radius 1 is 1.09 bits per heavy atom. The number of anilines is 1. The van der Waals surface area contributed by atoms with Gasteiger partial charge in [-0.3, -0.25) is 9.78 Å². The zero-order valence-electron chi connectivity index (χ0n) is 11.8. The maximum Gasteiger partial charge on any atom is 0.228 e. The predicted molar refractivity (Wildman–Crippen MR) is 85.2 cm³/mol. The van der Waals surface area contributed by atoms with Crippen molar-refractivity contribution in [2.24, 2.45) is 0 Å². The molecule has 0 aliphatic carbocycles. The summed E-state index contributed by atoms with van der Waals surface area (Å²) in [4.78, 5) is 14.9. The molecule has 0 fully saturated rings. The standard InChI is InChI=1S/C10H6N2.C8H7NO/c11-7-8-3-4-10-9(6-8)2-1-5-12-10;10-8-5-6-3-1-2-4-7(6)9-8/h1-6H;1-4H,5H2,(H,9,10). The molecule has 4 heteroatoms. The monoisotopic (exact) mass is 287 g/mol. The van der Waals surface area contributed by atoms with Gasteiger partial charge in [-0.25, -0.2) is 0 Å². The normalized spacial score (nSPS) is 11.9. The fourth-order valence-electron chi connectivity index (χ4n) is 2.31. The van der Waals surface area contributed by atoms with Crippen LogP contribution in [0, 0.1) is 11.3 Å². The van der Waals surface area contributed by atoms with Crippen molar-refractivity contribution >= 4 is 22.5 Å². The highest BCUT2D eigenvalue weighted by Crippen LogP contribution is 2.21. The van der Waals surface area contributed by atoms with E-state index in [4.69, 9.17) is 5.26 Å². The Kier molecular flexibility index (Phi) is 3.80.